The van der Waals surface area contributed by atoms with Gasteiger partial charge in [-0.3, -0.25) is 4.90 Å². The zero-order chi connectivity index (χ0) is 12.3. The summed E-state index contributed by atoms with van der Waals surface area (Å²) in [7, 11) is 2.14. The lowest BCUT2D eigenvalue weighted by Gasteiger charge is -2.26. The number of hydrogen-bond acceptors (Lipinski definition) is 4. The lowest BCUT2D eigenvalue weighted by Crippen LogP contribution is -2.30. The maximum absolute atomic E-state index is 6.20. The molecule has 4 heteroatoms. The molecule has 0 saturated heterocycles. The molecule has 0 saturated carbocycles. The van der Waals surface area contributed by atoms with Gasteiger partial charge in [0.2, 0.25) is 0 Å². The van der Waals surface area contributed by atoms with Crippen molar-refractivity contribution in [3.63, 3.8) is 0 Å². The van der Waals surface area contributed by atoms with E-state index in [0.29, 0.717) is 6.04 Å². The van der Waals surface area contributed by atoms with E-state index < -0.39 is 0 Å². The van der Waals surface area contributed by atoms with E-state index in [2.05, 4.69) is 53.9 Å². The predicted molar refractivity (Wildman–Crippen MR) is 76.6 cm³/mol. The van der Waals surface area contributed by atoms with Gasteiger partial charge in [0.15, 0.2) is 0 Å². The predicted octanol–water partition coefficient (Wildman–Crippen LogP) is 3.50. The minimum absolute atomic E-state index is 0.113. The zero-order valence-electron chi connectivity index (χ0n) is 10.2. The smallest absolute Gasteiger partial charge is 0.0519 e. The molecule has 0 aliphatic rings. The first kappa shape index (κ1) is 12.8. The normalized spacial score (nSPS) is 15.1. The van der Waals surface area contributed by atoms with Crippen LogP contribution < -0.4 is 5.73 Å². The van der Waals surface area contributed by atoms with Crippen molar-refractivity contribution in [1.29, 1.82) is 0 Å². The van der Waals surface area contributed by atoms with Crippen LogP contribution in [-0.4, -0.2) is 18.5 Å². The summed E-state index contributed by atoms with van der Waals surface area (Å²) in [5, 5.41) is 4.21. The minimum Gasteiger partial charge on any atom is -0.322 e. The standard InChI is InChI=1S/C13H18N2S2/c1-10(12-5-3-7-16-12)15(2)9-11(14)13-6-4-8-17-13/h3-8,10-11H,9,14H2,1-2H3. The number of likely N-dealkylation sites (N-methyl/N-ethyl adjacent to an activating group) is 1. The Labute approximate surface area is 111 Å². The molecule has 92 valence electrons. The molecule has 0 aromatic carbocycles. The first-order valence-electron chi connectivity index (χ1n) is 5.71. The molecular formula is C13H18N2S2. The molecule has 0 amide bonds. The Morgan fingerprint density at radius 1 is 1.18 bits per heavy atom. The SMILES string of the molecule is CC(c1cccs1)N(C)CC(N)c1cccs1. The molecule has 2 N–H and O–H groups in total. The lowest BCUT2D eigenvalue weighted by atomic mass is 10.2. The van der Waals surface area contributed by atoms with Crippen LogP contribution >= 0.6 is 22.7 Å². The fourth-order valence-corrected chi connectivity index (χ4v) is 3.38. The van der Waals surface area contributed by atoms with Crippen LogP contribution in [0.4, 0.5) is 0 Å². The number of rotatable bonds is 5. The molecule has 2 heterocycles. The van der Waals surface area contributed by atoms with Crippen LogP contribution in [0.25, 0.3) is 0 Å². The molecular weight excluding hydrogens is 248 g/mol. The van der Waals surface area contributed by atoms with Crippen molar-refractivity contribution in [3.8, 4) is 0 Å². The monoisotopic (exact) mass is 266 g/mol. The summed E-state index contributed by atoms with van der Waals surface area (Å²) in [4.78, 5) is 4.97. The number of hydrogen-bond donors (Lipinski definition) is 1. The summed E-state index contributed by atoms with van der Waals surface area (Å²) in [6, 6.07) is 9.00. The van der Waals surface area contributed by atoms with E-state index in [1.165, 1.54) is 9.75 Å². The van der Waals surface area contributed by atoms with Crippen LogP contribution in [0.5, 0.6) is 0 Å². The molecule has 2 nitrogen and oxygen atoms in total. The highest BCUT2D eigenvalue weighted by Crippen LogP contribution is 2.25. The maximum atomic E-state index is 6.20. The molecule has 17 heavy (non-hydrogen) atoms. The van der Waals surface area contributed by atoms with Gasteiger partial charge in [-0.1, -0.05) is 12.1 Å². The summed E-state index contributed by atoms with van der Waals surface area (Å²) in [6.45, 7) is 3.12. The molecule has 0 spiro atoms. The molecule has 0 bridgehead atoms. The van der Waals surface area contributed by atoms with Gasteiger partial charge >= 0.3 is 0 Å². The van der Waals surface area contributed by atoms with Crippen LogP contribution in [0.3, 0.4) is 0 Å². The number of thiophene rings is 2. The van der Waals surface area contributed by atoms with Crippen molar-refractivity contribution in [2.75, 3.05) is 13.6 Å². The average molecular weight is 266 g/mol. The molecule has 0 fully saturated rings. The van der Waals surface area contributed by atoms with E-state index in [1.807, 2.05) is 0 Å². The van der Waals surface area contributed by atoms with Crippen molar-refractivity contribution >= 4 is 22.7 Å². The highest BCUT2D eigenvalue weighted by molar-refractivity contribution is 7.10. The first-order valence-corrected chi connectivity index (χ1v) is 7.47. The molecule has 2 rings (SSSR count). The second-order valence-electron chi connectivity index (χ2n) is 4.25. The Morgan fingerprint density at radius 3 is 2.29 bits per heavy atom. The van der Waals surface area contributed by atoms with E-state index in [0.717, 1.165) is 6.54 Å². The van der Waals surface area contributed by atoms with Gasteiger partial charge in [0.05, 0.1) is 6.04 Å². The van der Waals surface area contributed by atoms with Crippen molar-refractivity contribution in [1.82, 2.24) is 4.90 Å². The van der Waals surface area contributed by atoms with Crippen LogP contribution in [-0.2, 0) is 0 Å². The van der Waals surface area contributed by atoms with E-state index in [9.17, 15) is 0 Å². The second kappa shape index (κ2) is 5.78. The summed E-state index contributed by atoms with van der Waals surface area (Å²) in [5.74, 6) is 0. The quantitative estimate of drug-likeness (QED) is 0.897. The summed E-state index contributed by atoms with van der Waals surface area (Å²) >= 11 is 3.54. The Morgan fingerprint density at radius 2 is 1.76 bits per heavy atom. The Balaban J connectivity index is 1.95. The van der Waals surface area contributed by atoms with Gasteiger partial charge < -0.3 is 5.73 Å². The van der Waals surface area contributed by atoms with Gasteiger partial charge in [-0.25, -0.2) is 0 Å². The maximum Gasteiger partial charge on any atom is 0.0519 e. The van der Waals surface area contributed by atoms with Gasteiger partial charge in [0, 0.05) is 22.3 Å². The fraction of sp³-hybridized carbons (Fsp3) is 0.385. The second-order valence-corrected chi connectivity index (χ2v) is 6.21. The highest BCUT2D eigenvalue weighted by atomic mass is 32.1. The fourth-order valence-electron chi connectivity index (χ4n) is 1.81. The van der Waals surface area contributed by atoms with E-state index >= 15 is 0 Å². The highest BCUT2D eigenvalue weighted by Gasteiger charge is 2.16. The van der Waals surface area contributed by atoms with E-state index in [1.54, 1.807) is 22.7 Å². The van der Waals surface area contributed by atoms with Crippen molar-refractivity contribution < 1.29 is 0 Å². The molecule has 2 atom stereocenters. The first-order chi connectivity index (χ1) is 8.18. The van der Waals surface area contributed by atoms with Crippen LogP contribution in [0.2, 0.25) is 0 Å². The van der Waals surface area contributed by atoms with Gasteiger partial charge in [-0.15, -0.1) is 22.7 Å². The summed E-state index contributed by atoms with van der Waals surface area (Å²) < 4.78 is 0. The molecule has 2 aromatic heterocycles. The van der Waals surface area contributed by atoms with Crippen molar-refractivity contribution in [3.05, 3.63) is 44.8 Å². The Hall–Kier alpha value is -0.680. The molecule has 2 unspecified atom stereocenters. The molecule has 2 aromatic rings. The number of nitrogens with two attached hydrogens (primary N) is 1. The van der Waals surface area contributed by atoms with Gasteiger partial charge in [-0.05, 0) is 36.9 Å². The van der Waals surface area contributed by atoms with Crippen LogP contribution in [0.1, 0.15) is 28.8 Å². The minimum atomic E-state index is 0.113. The van der Waals surface area contributed by atoms with Gasteiger partial charge in [-0.2, -0.15) is 0 Å². The lowest BCUT2D eigenvalue weighted by molar-refractivity contribution is 0.250. The van der Waals surface area contributed by atoms with E-state index in [4.69, 9.17) is 5.73 Å². The van der Waals surface area contributed by atoms with Gasteiger partial charge in [0.1, 0.15) is 0 Å². The molecule has 0 aliphatic carbocycles. The summed E-state index contributed by atoms with van der Waals surface area (Å²) in [6.07, 6.45) is 0. The Bertz CT molecular complexity index is 422. The largest absolute Gasteiger partial charge is 0.322 e. The van der Waals surface area contributed by atoms with Gasteiger partial charge in [0.25, 0.3) is 0 Å². The topological polar surface area (TPSA) is 29.3 Å². The number of nitrogens with zero attached hydrogens (tertiary/aromatic N) is 1. The third-order valence-corrected chi connectivity index (χ3v) is 5.06. The van der Waals surface area contributed by atoms with Crippen LogP contribution in [0, 0.1) is 0 Å². The van der Waals surface area contributed by atoms with Crippen molar-refractivity contribution in [2.45, 2.75) is 19.0 Å². The van der Waals surface area contributed by atoms with Crippen LogP contribution in [0.15, 0.2) is 35.0 Å². The van der Waals surface area contributed by atoms with Crippen molar-refractivity contribution in [2.24, 2.45) is 5.73 Å². The Kier molecular flexibility index (Phi) is 4.34. The average Bonchev–Trinajstić information content (AvgIpc) is 3.00. The molecule has 0 radical (unpaired) electrons. The summed E-state index contributed by atoms with van der Waals surface area (Å²) in [5.41, 5.74) is 6.20. The third kappa shape index (κ3) is 3.16. The van der Waals surface area contributed by atoms with E-state index in [-0.39, 0.29) is 6.04 Å². The third-order valence-electron chi connectivity index (χ3n) is 3.01. The zero-order valence-corrected chi connectivity index (χ0v) is 11.8. The molecule has 0 aliphatic heterocycles.